The molecule has 10 nitrogen and oxygen atoms in total. The van der Waals surface area contributed by atoms with Crippen molar-refractivity contribution in [3.05, 3.63) is 18.6 Å². The van der Waals surface area contributed by atoms with Crippen LogP contribution in [-0.4, -0.2) is 68.7 Å². The van der Waals surface area contributed by atoms with Gasteiger partial charge in [-0.2, -0.15) is 10.1 Å². The molecule has 0 amide bonds. The lowest BCUT2D eigenvalue weighted by Gasteiger charge is -2.30. The maximum atomic E-state index is 5.89. The Hall–Kier alpha value is -2.85. The van der Waals surface area contributed by atoms with Crippen LogP contribution in [0.25, 0.3) is 22.3 Å². The van der Waals surface area contributed by atoms with Crippen molar-refractivity contribution in [1.82, 2.24) is 29.7 Å². The Bertz CT molecular complexity index is 1050. The van der Waals surface area contributed by atoms with E-state index in [1.165, 1.54) is 0 Å². The molecule has 2 atom stereocenters. The fourth-order valence-electron chi connectivity index (χ4n) is 4.76. The number of hydrogen-bond donors (Lipinski definition) is 1. The van der Waals surface area contributed by atoms with E-state index in [2.05, 4.69) is 14.9 Å². The van der Waals surface area contributed by atoms with E-state index in [9.17, 15) is 0 Å². The molecule has 6 heterocycles. The molecule has 0 aromatic carbocycles. The number of anilines is 2. The van der Waals surface area contributed by atoms with Gasteiger partial charge in [0.1, 0.15) is 0 Å². The first-order valence-corrected chi connectivity index (χ1v) is 10.5. The molecule has 3 aromatic heterocycles. The van der Waals surface area contributed by atoms with Crippen LogP contribution in [0.2, 0.25) is 0 Å². The average molecular weight is 408 g/mol. The van der Waals surface area contributed by atoms with Gasteiger partial charge in [0.2, 0.25) is 11.9 Å². The molecular weight excluding hydrogens is 384 g/mol. The summed E-state index contributed by atoms with van der Waals surface area (Å²) in [6.45, 7) is 4.03. The molecule has 30 heavy (non-hydrogen) atoms. The number of nitrogen functional groups attached to an aromatic ring is 1. The third-order valence-corrected chi connectivity index (χ3v) is 6.27. The van der Waals surface area contributed by atoms with Crippen LogP contribution < -0.4 is 10.6 Å². The smallest absolute Gasteiger partial charge is 0.228 e. The van der Waals surface area contributed by atoms with Gasteiger partial charge in [0.25, 0.3) is 0 Å². The van der Waals surface area contributed by atoms with Crippen molar-refractivity contribution in [2.45, 2.75) is 31.4 Å². The maximum absolute atomic E-state index is 5.89. The Morgan fingerprint density at radius 3 is 2.67 bits per heavy atom. The van der Waals surface area contributed by atoms with Gasteiger partial charge in [0, 0.05) is 50.2 Å². The number of aromatic nitrogens is 6. The molecule has 3 aliphatic rings. The van der Waals surface area contributed by atoms with Crippen LogP contribution in [-0.2, 0) is 9.47 Å². The van der Waals surface area contributed by atoms with Crippen molar-refractivity contribution in [3.63, 3.8) is 0 Å². The molecule has 10 heteroatoms. The minimum atomic E-state index is 0.243. The minimum Gasteiger partial charge on any atom is -0.381 e. The maximum Gasteiger partial charge on any atom is 0.228 e. The molecule has 156 valence electrons. The number of nitrogens with two attached hydrogens (primary N) is 1. The normalized spacial score (nSPS) is 24.6. The van der Waals surface area contributed by atoms with Crippen molar-refractivity contribution in [1.29, 1.82) is 0 Å². The van der Waals surface area contributed by atoms with Gasteiger partial charge in [-0.25, -0.2) is 19.6 Å². The summed E-state index contributed by atoms with van der Waals surface area (Å²) in [5.41, 5.74) is 8.13. The van der Waals surface area contributed by atoms with Crippen molar-refractivity contribution in [2.75, 3.05) is 43.5 Å². The molecule has 2 unspecified atom stereocenters. The first-order chi connectivity index (χ1) is 14.7. The predicted molar refractivity (Wildman–Crippen MR) is 110 cm³/mol. The lowest BCUT2D eigenvalue weighted by Crippen LogP contribution is -2.40. The number of ether oxygens (including phenoxy) is 2. The number of fused-ring (bicyclic) bond motifs is 3. The third kappa shape index (κ3) is 3.07. The van der Waals surface area contributed by atoms with E-state index in [1.54, 1.807) is 12.4 Å². The predicted octanol–water partition coefficient (Wildman–Crippen LogP) is 1.44. The Balaban J connectivity index is 1.49. The van der Waals surface area contributed by atoms with Crippen molar-refractivity contribution in [2.24, 2.45) is 5.92 Å². The highest BCUT2D eigenvalue weighted by molar-refractivity contribution is 5.91. The summed E-state index contributed by atoms with van der Waals surface area (Å²) < 4.78 is 13.5. The number of hydrogen-bond acceptors (Lipinski definition) is 9. The van der Waals surface area contributed by atoms with Crippen LogP contribution in [0.5, 0.6) is 0 Å². The fourth-order valence-corrected chi connectivity index (χ4v) is 4.76. The molecule has 3 fully saturated rings. The van der Waals surface area contributed by atoms with Crippen LogP contribution in [0.4, 0.5) is 11.9 Å². The van der Waals surface area contributed by atoms with Crippen LogP contribution in [0.15, 0.2) is 18.6 Å². The highest BCUT2D eigenvalue weighted by atomic mass is 16.5. The Labute approximate surface area is 173 Å². The van der Waals surface area contributed by atoms with Crippen LogP contribution >= 0.6 is 0 Å². The van der Waals surface area contributed by atoms with Gasteiger partial charge in [-0.05, 0) is 19.3 Å². The fraction of sp³-hybridized carbons (Fsp3) is 0.550. The second kappa shape index (κ2) is 7.13. The third-order valence-electron chi connectivity index (χ3n) is 6.27. The largest absolute Gasteiger partial charge is 0.381 e. The Morgan fingerprint density at radius 2 is 1.87 bits per heavy atom. The van der Waals surface area contributed by atoms with Crippen molar-refractivity contribution >= 4 is 22.9 Å². The second-order valence-electron chi connectivity index (χ2n) is 8.33. The van der Waals surface area contributed by atoms with Gasteiger partial charge in [-0.15, -0.1) is 0 Å². The number of piperidine rings is 1. The van der Waals surface area contributed by atoms with Crippen LogP contribution in [0.3, 0.4) is 0 Å². The van der Waals surface area contributed by atoms with Gasteiger partial charge in [-0.3, -0.25) is 0 Å². The quantitative estimate of drug-likeness (QED) is 0.687. The van der Waals surface area contributed by atoms with Gasteiger partial charge in [-0.1, -0.05) is 0 Å². The SMILES string of the molecule is Nc1ncc(-c2nc(N3CC4COC(C4)C3)nc3c2cnn3C2CCOCC2)cn1. The van der Waals surface area contributed by atoms with E-state index in [4.69, 9.17) is 30.3 Å². The number of rotatable bonds is 3. The average Bonchev–Trinajstić information content (AvgIpc) is 3.36. The first kappa shape index (κ1) is 18.0. The zero-order chi connectivity index (χ0) is 20.1. The van der Waals surface area contributed by atoms with Crippen LogP contribution in [0.1, 0.15) is 25.3 Å². The zero-order valence-electron chi connectivity index (χ0n) is 16.6. The lowest BCUT2D eigenvalue weighted by atomic mass is 10.0. The molecule has 0 saturated carbocycles. The van der Waals surface area contributed by atoms with Crippen molar-refractivity contribution in [3.8, 4) is 11.3 Å². The summed E-state index contributed by atoms with van der Waals surface area (Å²) >= 11 is 0. The summed E-state index contributed by atoms with van der Waals surface area (Å²) in [6, 6.07) is 0.274. The molecule has 0 spiro atoms. The highest BCUT2D eigenvalue weighted by Crippen LogP contribution is 2.34. The van der Waals surface area contributed by atoms with E-state index in [0.29, 0.717) is 11.9 Å². The molecule has 2 N–H and O–H groups in total. The van der Waals surface area contributed by atoms with E-state index >= 15 is 0 Å². The second-order valence-corrected chi connectivity index (χ2v) is 8.33. The monoisotopic (exact) mass is 408 g/mol. The minimum absolute atomic E-state index is 0.243. The molecule has 3 saturated heterocycles. The van der Waals surface area contributed by atoms with Gasteiger partial charge >= 0.3 is 0 Å². The molecule has 2 bridgehead atoms. The van der Waals surface area contributed by atoms with E-state index in [1.807, 2.05) is 10.9 Å². The standard InChI is InChI=1S/C20H24N8O2/c21-19-22-6-13(7-23-19)17-16-8-24-28(14-1-3-29-4-2-14)18(16)26-20(25-17)27-9-12-5-15(10-27)30-11-12/h6-8,12,14-15H,1-5,9-11H2,(H2,21,22,23). The summed E-state index contributed by atoms with van der Waals surface area (Å²) in [7, 11) is 0. The summed E-state index contributed by atoms with van der Waals surface area (Å²) in [5, 5.41) is 5.60. The van der Waals surface area contributed by atoms with Crippen LogP contribution in [0, 0.1) is 5.92 Å². The lowest BCUT2D eigenvalue weighted by molar-refractivity contribution is 0.0673. The first-order valence-electron chi connectivity index (χ1n) is 10.5. The Morgan fingerprint density at radius 1 is 1.03 bits per heavy atom. The topological polar surface area (TPSA) is 117 Å². The van der Waals surface area contributed by atoms with Gasteiger partial charge in [0.15, 0.2) is 5.65 Å². The zero-order valence-corrected chi connectivity index (χ0v) is 16.6. The Kier molecular flexibility index (Phi) is 4.27. The summed E-state index contributed by atoms with van der Waals surface area (Å²) in [5.74, 6) is 1.49. The van der Waals surface area contributed by atoms with E-state index in [-0.39, 0.29) is 18.1 Å². The molecular formula is C20H24N8O2. The molecule has 0 aliphatic carbocycles. The summed E-state index contributed by atoms with van der Waals surface area (Å²) in [6.07, 6.45) is 8.51. The summed E-state index contributed by atoms with van der Waals surface area (Å²) in [4.78, 5) is 20.5. The molecule has 6 rings (SSSR count). The van der Waals surface area contributed by atoms with Gasteiger partial charge in [0.05, 0.1) is 36.0 Å². The molecule has 3 aromatic rings. The molecule has 3 aliphatic heterocycles. The van der Waals surface area contributed by atoms with E-state index in [0.717, 1.165) is 74.5 Å². The molecule has 0 radical (unpaired) electrons. The highest BCUT2D eigenvalue weighted by Gasteiger charge is 2.35. The van der Waals surface area contributed by atoms with E-state index < -0.39 is 0 Å². The van der Waals surface area contributed by atoms with Crippen molar-refractivity contribution < 1.29 is 9.47 Å². The van der Waals surface area contributed by atoms with Gasteiger partial charge < -0.3 is 20.1 Å². The number of nitrogens with zero attached hydrogens (tertiary/aromatic N) is 7.